The molecule has 1 N–H and O–H groups in total. The van der Waals surface area contributed by atoms with Crippen molar-refractivity contribution in [3.8, 4) is 10.7 Å². The summed E-state index contributed by atoms with van der Waals surface area (Å²) in [7, 11) is 0. The molecule has 2 aromatic heterocycles. The number of thiophene rings is 1. The molecule has 3 heterocycles. The number of aromatic nitrogens is 2. The van der Waals surface area contributed by atoms with Gasteiger partial charge in [0.25, 0.3) is 11.6 Å². The van der Waals surface area contributed by atoms with Crippen molar-refractivity contribution in [1.29, 1.82) is 0 Å². The Labute approximate surface area is 161 Å². The molecule has 28 heavy (non-hydrogen) atoms. The molecular weight excluding hydrogens is 386 g/mol. The van der Waals surface area contributed by atoms with Crippen molar-refractivity contribution in [2.24, 2.45) is 0 Å². The van der Waals surface area contributed by atoms with Gasteiger partial charge in [-0.05, 0) is 23.9 Å². The third-order valence-corrected chi connectivity index (χ3v) is 5.28. The average Bonchev–Trinajstić information content (AvgIpc) is 3.40. The highest BCUT2D eigenvalue weighted by Crippen LogP contribution is 2.31. The zero-order valence-corrected chi connectivity index (χ0v) is 15.3. The molecule has 1 atom stereocenters. The maximum Gasteiger partial charge on any atom is 0.325 e. The predicted molar refractivity (Wildman–Crippen MR) is 97.1 cm³/mol. The Morgan fingerprint density at radius 2 is 2.14 bits per heavy atom. The number of carbonyl (C=O) groups is 2. The van der Waals surface area contributed by atoms with Gasteiger partial charge in [-0.15, -0.1) is 11.3 Å². The molecule has 1 aromatic carbocycles. The van der Waals surface area contributed by atoms with Crippen LogP contribution in [0.1, 0.15) is 18.4 Å². The Bertz CT molecular complexity index is 1080. The molecule has 0 bridgehead atoms. The molecule has 11 heteroatoms. The molecule has 3 aromatic rings. The fourth-order valence-electron chi connectivity index (χ4n) is 2.93. The van der Waals surface area contributed by atoms with Gasteiger partial charge in [0.15, 0.2) is 0 Å². The lowest BCUT2D eigenvalue weighted by atomic mass is 9.91. The van der Waals surface area contributed by atoms with Crippen LogP contribution in [-0.4, -0.2) is 31.9 Å². The molecule has 1 fully saturated rings. The summed E-state index contributed by atoms with van der Waals surface area (Å²) in [6.07, 6.45) is 0. The highest BCUT2D eigenvalue weighted by molar-refractivity contribution is 7.13. The number of carbonyl (C=O) groups excluding carboxylic acids is 2. The van der Waals surface area contributed by atoms with Crippen LogP contribution in [0.15, 0.2) is 46.3 Å². The number of nitrogens with one attached hydrogen (secondary N) is 1. The lowest BCUT2D eigenvalue weighted by Gasteiger charge is -2.21. The molecule has 10 nitrogen and oxygen atoms in total. The van der Waals surface area contributed by atoms with Gasteiger partial charge in [0, 0.05) is 12.1 Å². The highest BCUT2D eigenvalue weighted by atomic mass is 32.1. The van der Waals surface area contributed by atoms with E-state index >= 15 is 0 Å². The maximum absolute atomic E-state index is 12.9. The van der Waals surface area contributed by atoms with E-state index < -0.39 is 22.4 Å². The van der Waals surface area contributed by atoms with Crippen molar-refractivity contribution in [2.45, 2.75) is 19.0 Å². The van der Waals surface area contributed by atoms with Crippen LogP contribution >= 0.6 is 11.3 Å². The Morgan fingerprint density at radius 3 is 2.86 bits per heavy atom. The van der Waals surface area contributed by atoms with Gasteiger partial charge in [0.05, 0.1) is 9.80 Å². The van der Waals surface area contributed by atoms with E-state index in [-0.39, 0.29) is 18.1 Å². The van der Waals surface area contributed by atoms with Crippen molar-refractivity contribution >= 4 is 29.0 Å². The summed E-state index contributed by atoms with van der Waals surface area (Å²) >= 11 is 1.43. The smallest absolute Gasteiger partial charge is 0.325 e. The number of hydrogen-bond donors (Lipinski definition) is 1. The molecule has 0 spiro atoms. The van der Waals surface area contributed by atoms with E-state index in [1.54, 1.807) is 6.07 Å². The van der Waals surface area contributed by atoms with Crippen molar-refractivity contribution in [1.82, 2.24) is 20.4 Å². The fourth-order valence-corrected chi connectivity index (χ4v) is 3.58. The molecule has 4 rings (SSSR count). The summed E-state index contributed by atoms with van der Waals surface area (Å²) in [6, 6.07) is 8.63. The van der Waals surface area contributed by atoms with E-state index in [1.165, 1.54) is 36.5 Å². The fraction of sp³-hybridized carbons (Fsp3) is 0.176. The van der Waals surface area contributed by atoms with Crippen LogP contribution in [0.25, 0.3) is 10.7 Å². The SMILES string of the molecule is CC1(c2cccc([N+](=O)[O-])c2)NC(=O)N(Cc2nc(-c3cccs3)no2)C1=O. The number of hydrogen-bond acceptors (Lipinski definition) is 8. The summed E-state index contributed by atoms with van der Waals surface area (Å²) in [5, 5.41) is 19.3. The summed E-state index contributed by atoms with van der Waals surface area (Å²) in [5.74, 6) is -0.0810. The summed E-state index contributed by atoms with van der Waals surface area (Å²) in [5.41, 5.74) is -1.29. The Balaban J connectivity index is 1.59. The molecule has 0 radical (unpaired) electrons. The van der Waals surface area contributed by atoms with Gasteiger partial charge in [-0.25, -0.2) is 4.79 Å². The molecule has 1 saturated heterocycles. The van der Waals surface area contributed by atoms with E-state index in [4.69, 9.17) is 4.52 Å². The van der Waals surface area contributed by atoms with Crippen molar-refractivity contribution in [2.75, 3.05) is 0 Å². The van der Waals surface area contributed by atoms with E-state index in [1.807, 2.05) is 17.5 Å². The third-order valence-electron chi connectivity index (χ3n) is 4.41. The lowest BCUT2D eigenvalue weighted by molar-refractivity contribution is -0.385. The largest absolute Gasteiger partial charge is 0.337 e. The number of non-ortho nitro benzene ring substituents is 1. The molecule has 1 unspecified atom stereocenters. The standard InChI is InChI=1S/C17H13N5O5S/c1-17(10-4-2-5-11(8-10)22(25)26)15(23)21(16(24)19-17)9-13-18-14(20-27-13)12-6-3-7-28-12/h2-8H,9H2,1H3,(H,19,24). The second kappa shape index (κ2) is 6.53. The van der Waals surface area contributed by atoms with Gasteiger partial charge in [0.1, 0.15) is 12.1 Å². The molecule has 1 aliphatic heterocycles. The molecule has 142 valence electrons. The van der Waals surface area contributed by atoms with Gasteiger partial charge in [-0.1, -0.05) is 23.4 Å². The monoisotopic (exact) mass is 399 g/mol. The number of nitro groups is 1. The topological polar surface area (TPSA) is 131 Å². The van der Waals surface area contributed by atoms with Crippen LogP contribution < -0.4 is 5.32 Å². The second-order valence-electron chi connectivity index (χ2n) is 6.24. The summed E-state index contributed by atoms with van der Waals surface area (Å²) in [6.45, 7) is 1.30. The highest BCUT2D eigenvalue weighted by Gasteiger charge is 2.49. The number of rotatable bonds is 5. The Morgan fingerprint density at radius 1 is 1.32 bits per heavy atom. The van der Waals surface area contributed by atoms with Crippen molar-refractivity contribution < 1.29 is 19.0 Å². The predicted octanol–water partition coefficient (Wildman–Crippen LogP) is 2.67. The summed E-state index contributed by atoms with van der Waals surface area (Å²) < 4.78 is 5.15. The van der Waals surface area contributed by atoms with Crippen LogP contribution in [0.3, 0.4) is 0 Å². The first-order chi connectivity index (χ1) is 13.4. The Hall–Kier alpha value is -3.60. The van der Waals surface area contributed by atoms with Gasteiger partial charge >= 0.3 is 6.03 Å². The number of amides is 3. The molecule has 3 amide bonds. The number of urea groups is 1. The van der Waals surface area contributed by atoms with E-state index in [0.717, 1.165) is 9.78 Å². The van der Waals surface area contributed by atoms with Crippen molar-refractivity contribution in [3.63, 3.8) is 0 Å². The Kier molecular flexibility index (Phi) is 4.15. The number of imide groups is 1. The van der Waals surface area contributed by atoms with Crippen LogP contribution in [-0.2, 0) is 16.9 Å². The van der Waals surface area contributed by atoms with Gasteiger partial charge in [0.2, 0.25) is 11.7 Å². The van der Waals surface area contributed by atoms with Gasteiger partial charge in [-0.2, -0.15) is 4.98 Å². The van der Waals surface area contributed by atoms with E-state index in [2.05, 4.69) is 15.5 Å². The van der Waals surface area contributed by atoms with Crippen LogP contribution in [0.2, 0.25) is 0 Å². The molecule has 1 aliphatic rings. The second-order valence-corrected chi connectivity index (χ2v) is 7.19. The minimum absolute atomic E-state index is 0.107. The first-order valence-corrected chi connectivity index (χ1v) is 9.02. The van der Waals surface area contributed by atoms with E-state index in [0.29, 0.717) is 11.4 Å². The third kappa shape index (κ3) is 2.91. The molecule has 0 aliphatic carbocycles. The summed E-state index contributed by atoms with van der Waals surface area (Å²) in [4.78, 5) is 41.8. The van der Waals surface area contributed by atoms with Gasteiger partial charge in [-0.3, -0.25) is 19.8 Å². The van der Waals surface area contributed by atoms with E-state index in [9.17, 15) is 19.7 Å². The zero-order chi connectivity index (χ0) is 19.9. The molecule has 0 saturated carbocycles. The maximum atomic E-state index is 12.9. The average molecular weight is 399 g/mol. The quantitative estimate of drug-likeness (QED) is 0.396. The number of nitro benzene ring substituents is 1. The van der Waals surface area contributed by atoms with Gasteiger partial charge < -0.3 is 9.84 Å². The van der Waals surface area contributed by atoms with Crippen LogP contribution in [0.4, 0.5) is 10.5 Å². The van der Waals surface area contributed by atoms with Crippen LogP contribution in [0.5, 0.6) is 0 Å². The zero-order valence-electron chi connectivity index (χ0n) is 14.5. The minimum atomic E-state index is -1.43. The first kappa shape index (κ1) is 17.8. The normalized spacial score (nSPS) is 19.1. The first-order valence-electron chi connectivity index (χ1n) is 8.14. The molecular formula is C17H13N5O5S. The number of nitrogens with zero attached hydrogens (tertiary/aromatic N) is 4. The minimum Gasteiger partial charge on any atom is -0.337 e. The van der Waals surface area contributed by atoms with Crippen molar-refractivity contribution in [3.05, 3.63) is 63.3 Å². The lowest BCUT2D eigenvalue weighted by Crippen LogP contribution is -2.40. The number of benzene rings is 1. The van der Waals surface area contributed by atoms with Crippen LogP contribution in [0, 0.1) is 10.1 Å².